The number of amides is 2. The van der Waals surface area contributed by atoms with Crippen molar-refractivity contribution in [2.24, 2.45) is 0 Å². The van der Waals surface area contributed by atoms with E-state index in [1.807, 2.05) is 6.92 Å². The number of nitrogens with zero attached hydrogens (tertiary/aromatic N) is 2. The first-order valence-corrected chi connectivity index (χ1v) is 7.23. The largest absolute Gasteiger partial charge is 0.332 e. The van der Waals surface area contributed by atoms with Crippen LogP contribution in [0.4, 0.5) is 0 Å². The molecule has 106 valence electrons. The second kappa shape index (κ2) is 6.17. The molecule has 1 atom stereocenters. The Balaban J connectivity index is 1.89. The van der Waals surface area contributed by atoms with E-state index >= 15 is 0 Å². The molecule has 2 saturated heterocycles. The highest BCUT2D eigenvalue weighted by atomic mass is 16.2. The standard InChI is InChI=1S/C14H22N2O3/c1-2-11(17)6-5-8-15-10-13(18)16-9-4-3-7-12(16)14(15)19/h12H,2-10H2,1H3. The summed E-state index contributed by atoms with van der Waals surface area (Å²) in [6.45, 7) is 3.28. The molecule has 0 aliphatic carbocycles. The van der Waals surface area contributed by atoms with E-state index in [-0.39, 0.29) is 30.2 Å². The van der Waals surface area contributed by atoms with Crippen molar-refractivity contribution in [1.29, 1.82) is 0 Å². The monoisotopic (exact) mass is 266 g/mol. The fourth-order valence-corrected chi connectivity index (χ4v) is 2.86. The highest BCUT2D eigenvalue weighted by molar-refractivity contribution is 5.95. The van der Waals surface area contributed by atoms with Crippen molar-refractivity contribution in [2.45, 2.75) is 51.5 Å². The number of Topliss-reactive ketones (excluding diaryl/α,β-unsaturated/α-hetero) is 1. The Bertz CT molecular complexity index is 381. The lowest BCUT2D eigenvalue weighted by Gasteiger charge is -2.42. The van der Waals surface area contributed by atoms with Crippen LogP contribution in [0.1, 0.15) is 45.4 Å². The van der Waals surface area contributed by atoms with Gasteiger partial charge in [0.15, 0.2) is 0 Å². The van der Waals surface area contributed by atoms with Gasteiger partial charge >= 0.3 is 0 Å². The second-order valence-electron chi connectivity index (χ2n) is 5.35. The Morgan fingerprint density at radius 1 is 1.32 bits per heavy atom. The molecule has 2 amide bonds. The van der Waals surface area contributed by atoms with E-state index in [1.54, 1.807) is 9.80 Å². The van der Waals surface area contributed by atoms with Crippen LogP contribution in [0, 0.1) is 0 Å². The van der Waals surface area contributed by atoms with Crippen LogP contribution < -0.4 is 0 Å². The van der Waals surface area contributed by atoms with E-state index in [0.29, 0.717) is 25.8 Å². The van der Waals surface area contributed by atoms with Crippen LogP contribution in [-0.4, -0.2) is 53.1 Å². The second-order valence-corrected chi connectivity index (χ2v) is 5.35. The molecule has 2 aliphatic heterocycles. The van der Waals surface area contributed by atoms with Crippen LogP contribution in [0.2, 0.25) is 0 Å². The van der Waals surface area contributed by atoms with E-state index < -0.39 is 0 Å². The first-order chi connectivity index (χ1) is 9.13. The van der Waals surface area contributed by atoms with E-state index in [0.717, 1.165) is 25.8 Å². The number of ketones is 1. The minimum absolute atomic E-state index is 0.0612. The van der Waals surface area contributed by atoms with E-state index in [4.69, 9.17) is 0 Å². The highest BCUT2D eigenvalue weighted by Gasteiger charge is 2.39. The first-order valence-electron chi connectivity index (χ1n) is 7.23. The number of rotatable bonds is 5. The SMILES string of the molecule is CCC(=O)CCCN1CC(=O)N2CCCCC2C1=O. The molecule has 1 unspecified atom stereocenters. The van der Waals surface area contributed by atoms with E-state index in [9.17, 15) is 14.4 Å². The Labute approximate surface area is 113 Å². The zero-order valence-electron chi connectivity index (χ0n) is 11.6. The average Bonchev–Trinajstić information content (AvgIpc) is 2.44. The Morgan fingerprint density at radius 2 is 2.11 bits per heavy atom. The number of carbonyl (C=O) groups excluding carboxylic acids is 3. The number of fused-ring (bicyclic) bond motifs is 1. The summed E-state index contributed by atoms with van der Waals surface area (Å²) in [7, 11) is 0. The van der Waals surface area contributed by atoms with E-state index in [2.05, 4.69) is 0 Å². The molecule has 5 nitrogen and oxygen atoms in total. The van der Waals surface area contributed by atoms with E-state index in [1.165, 1.54) is 0 Å². The van der Waals surface area contributed by atoms with Crippen molar-refractivity contribution in [3.8, 4) is 0 Å². The molecule has 2 rings (SSSR count). The van der Waals surface area contributed by atoms with Gasteiger partial charge in [-0.2, -0.15) is 0 Å². The molecule has 0 saturated carbocycles. The van der Waals surface area contributed by atoms with Crippen LogP contribution in [0.3, 0.4) is 0 Å². The predicted molar refractivity (Wildman–Crippen MR) is 70.5 cm³/mol. The normalized spacial score (nSPS) is 23.5. The van der Waals surface area contributed by atoms with Gasteiger partial charge in [0.05, 0.1) is 6.54 Å². The van der Waals surface area contributed by atoms with Gasteiger partial charge < -0.3 is 9.80 Å². The number of carbonyl (C=O) groups is 3. The third kappa shape index (κ3) is 3.14. The lowest BCUT2D eigenvalue weighted by atomic mass is 9.98. The minimum Gasteiger partial charge on any atom is -0.332 e. The van der Waals surface area contributed by atoms with Gasteiger partial charge in [-0.3, -0.25) is 14.4 Å². The average molecular weight is 266 g/mol. The highest BCUT2D eigenvalue weighted by Crippen LogP contribution is 2.23. The summed E-state index contributed by atoms with van der Waals surface area (Å²) in [6, 6.07) is -0.239. The van der Waals surface area contributed by atoms with Gasteiger partial charge in [-0.1, -0.05) is 6.92 Å². The molecule has 19 heavy (non-hydrogen) atoms. The molecule has 0 radical (unpaired) electrons. The summed E-state index contributed by atoms with van der Waals surface area (Å²) in [5.74, 6) is 0.351. The molecule has 2 aliphatic rings. The van der Waals surface area contributed by atoms with Gasteiger partial charge in [-0.05, 0) is 25.7 Å². The summed E-state index contributed by atoms with van der Waals surface area (Å²) in [5, 5.41) is 0. The van der Waals surface area contributed by atoms with Crippen LogP contribution in [0.25, 0.3) is 0 Å². The van der Waals surface area contributed by atoms with Crippen molar-refractivity contribution in [2.75, 3.05) is 19.6 Å². The predicted octanol–water partition coefficient (Wildman–Crippen LogP) is 0.969. The summed E-state index contributed by atoms with van der Waals surface area (Å²) in [6.07, 6.45) is 4.52. The molecule has 5 heteroatoms. The molecule has 2 heterocycles. The maximum absolute atomic E-state index is 12.3. The molecule has 0 spiro atoms. The number of piperazine rings is 1. The zero-order chi connectivity index (χ0) is 13.8. The molecule has 0 aromatic heterocycles. The summed E-state index contributed by atoms with van der Waals surface area (Å²) < 4.78 is 0. The maximum atomic E-state index is 12.3. The van der Waals surface area contributed by atoms with Gasteiger partial charge in [0.1, 0.15) is 11.8 Å². The van der Waals surface area contributed by atoms with Crippen LogP contribution in [-0.2, 0) is 14.4 Å². The lowest BCUT2D eigenvalue weighted by Crippen LogP contribution is -2.61. The molecular weight excluding hydrogens is 244 g/mol. The van der Waals surface area contributed by atoms with Gasteiger partial charge in [-0.15, -0.1) is 0 Å². The van der Waals surface area contributed by atoms with Gasteiger partial charge in [0, 0.05) is 25.9 Å². The van der Waals surface area contributed by atoms with Crippen LogP contribution in [0.15, 0.2) is 0 Å². The minimum atomic E-state index is -0.239. The smallest absolute Gasteiger partial charge is 0.245 e. The van der Waals surface area contributed by atoms with Crippen LogP contribution >= 0.6 is 0 Å². The van der Waals surface area contributed by atoms with Crippen molar-refractivity contribution in [1.82, 2.24) is 9.80 Å². The quantitative estimate of drug-likeness (QED) is 0.745. The summed E-state index contributed by atoms with van der Waals surface area (Å²) in [5.41, 5.74) is 0. The fraction of sp³-hybridized carbons (Fsp3) is 0.786. The molecule has 0 aromatic rings. The number of hydrogen-bond acceptors (Lipinski definition) is 3. The third-order valence-electron chi connectivity index (χ3n) is 4.02. The topological polar surface area (TPSA) is 57.7 Å². The lowest BCUT2D eigenvalue weighted by molar-refractivity contribution is -0.157. The number of piperidine rings is 1. The number of hydrogen-bond donors (Lipinski definition) is 0. The fourth-order valence-electron chi connectivity index (χ4n) is 2.86. The Kier molecular flexibility index (Phi) is 4.56. The van der Waals surface area contributed by atoms with Gasteiger partial charge in [-0.25, -0.2) is 0 Å². The third-order valence-corrected chi connectivity index (χ3v) is 4.02. The van der Waals surface area contributed by atoms with Crippen molar-refractivity contribution < 1.29 is 14.4 Å². The van der Waals surface area contributed by atoms with Crippen molar-refractivity contribution >= 4 is 17.6 Å². The Morgan fingerprint density at radius 3 is 2.84 bits per heavy atom. The van der Waals surface area contributed by atoms with Crippen LogP contribution in [0.5, 0.6) is 0 Å². The molecule has 2 fully saturated rings. The summed E-state index contributed by atoms with van der Waals surface area (Å²) in [4.78, 5) is 38.9. The first kappa shape index (κ1) is 14.0. The Hall–Kier alpha value is -1.39. The molecule has 0 aromatic carbocycles. The molecule has 0 bridgehead atoms. The van der Waals surface area contributed by atoms with Crippen molar-refractivity contribution in [3.63, 3.8) is 0 Å². The molecule has 0 N–H and O–H groups in total. The van der Waals surface area contributed by atoms with Gasteiger partial charge in [0.25, 0.3) is 0 Å². The zero-order valence-corrected chi connectivity index (χ0v) is 11.6. The maximum Gasteiger partial charge on any atom is 0.245 e. The molecular formula is C14H22N2O3. The van der Waals surface area contributed by atoms with Crippen molar-refractivity contribution in [3.05, 3.63) is 0 Å². The summed E-state index contributed by atoms with van der Waals surface area (Å²) >= 11 is 0. The van der Waals surface area contributed by atoms with Gasteiger partial charge in [0.2, 0.25) is 11.8 Å².